The van der Waals surface area contributed by atoms with E-state index in [2.05, 4.69) is 0 Å². The first-order valence-electron chi connectivity index (χ1n) is 6.10. The van der Waals surface area contributed by atoms with Gasteiger partial charge >= 0.3 is 0 Å². The van der Waals surface area contributed by atoms with Gasteiger partial charge in [0.2, 0.25) is 5.78 Å². The van der Waals surface area contributed by atoms with Gasteiger partial charge in [-0.25, -0.2) is 4.39 Å². The van der Waals surface area contributed by atoms with Crippen molar-refractivity contribution in [3.63, 3.8) is 0 Å². The zero-order valence-corrected chi connectivity index (χ0v) is 10.9. The van der Waals surface area contributed by atoms with Crippen LogP contribution >= 0.6 is 0 Å². The Morgan fingerprint density at radius 3 is 2.25 bits per heavy atom. The molecule has 0 bridgehead atoms. The fourth-order valence-corrected chi connectivity index (χ4v) is 1.94. The summed E-state index contributed by atoms with van der Waals surface area (Å²) in [4.78, 5) is 12.3. The van der Waals surface area contributed by atoms with Gasteiger partial charge in [0.25, 0.3) is 0 Å². The molecule has 2 nitrogen and oxygen atoms in total. The summed E-state index contributed by atoms with van der Waals surface area (Å²) in [5.41, 5.74) is 0.994. The summed E-state index contributed by atoms with van der Waals surface area (Å²) in [6.07, 6.45) is 0. The smallest absolute Gasteiger partial charge is 0.203 e. The predicted molar refractivity (Wildman–Crippen MR) is 75.4 cm³/mol. The molecule has 2 aromatic carbocycles. The van der Waals surface area contributed by atoms with Crippen molar-refractivity contribution in [1.29, 1.82) is 5.26 Å². The van der Waals surface area contributed by atoms with Crippen LogP contribution in [0.5, 0.6) is 0 Å². The molecule has 0 heterocycles. The first kappa shape index (κ1) is 13.7. The Kier molecular flexibility index (Phi) is 4.07. The van der Waals surface area contributed by atoms with Gasteiger partial charge in [-0.2, -0.15) is 5.26 Å². The van der Waals surface area contributed by atoms with Crippen molar-refractivity contribution in [3.8, 4) is 6.07 Å². The maximum atomic E-state index is 13.7. The fraction of sp³-hybridized carbons (Fsp3) is 0.0588. The molecule has 3 heteroatoms. The van der Waals surface area contributed by atoms with Crippen molar-refractivity contribution in [1.82, 2.24) is 0 Å². The maximum absolute atomic E-state index is 13.7. The Morgan fingerprint density at radius 1 is 1.05 bits per heavy atom. The van der Waals surface area contributed by atoms with Crippen molar-refractivity contribution in [2.75, 3.05) is 0 Å². The predicted octanol–water partition coefficient (Wildman–Crippen LogP) is 4.01. The van der Waals surface area contributed by atoms with E-state index >= 15 is 0 Å². The minimum atomic E-state index is -0.446. The molecule has 2 aromatic rings. The van der Waals surface area contributed by atoms with Crippen LogP contribution in [0, 0.1) is 17.1 Å². The summed E-state index contributed by atoms with van der Waals surface area (Å²) in [6, 6.07) is 16.5. The fourth-order valence-electron chi connectivity index (χ4n) is 1.94. The first-order valence-corrected chi connectivity index (χ1v) is 6.10. The number of ketones is 1. The Bertz CT molecular complexity index is 711. The summed E-state index contributed by atoms with van der Waals surface area (Å²) < 4.78 is 13.7. The largest absolute Gasteiger partial charge is 0.288 e. The standard InChI is InChI=1S/C17H12FNO/c1-12(14-9-5-6-10-16(14)18)15(11-19)17(20)13-7-3-2-4-8-13/h2-10H,1H3/b15-12-. The molecule has 0 N–H and O–H groups in total. The molecule has 0 spiro atoms. The molecule has 98 valence electrons. The molecule has 0 aliphatic heterocycles. The van der Waals surface area contributed by atoms with Crippen LogP contribution in [0.3, 0.4) is 0 Å². The van der Waals surface area contributed by atoms with E-state index in [0.29, 0.717) is 11.1 Å². The summed E-state index contributed by atoms with van der Waals surface area (Å²) in [5.74, 6) is -0.840. The Hall–Kier alpha value is -2.73. The number of hydrogen-bond acceptors (Lipinski definition) is 2. The quantitative estimate of drug-likeness (QED) is 0.478. The van der Waals surface area contributed by atoms with E-state index < -0.39 is 11.6 Å². The van der Waals surface area contributed by atoms with E-state index in [1.807, 2.05) is 6.07 Å². The van der Waals surface area contributed by atoms with Crippen LogP contribution in [-0.2, 0) is 0 Å². The van der Waals surface area contributed by atoms with Gasteiger partial charge in [-0.05, 0) is 18.6 Å². The summed E-state index contributed by atoms with van der Waals surface area (Å²) in [7, 11) is 0. The lowest BCUT2D eigenvalue weighted by atomic mass is 9.95. The average molecular weight is 265 g/mol. The van der Waals surface area contributed by atoms with Gasteiger partial charge in [0.05, 0.1) is 0 Å². The number of nitrogens with zero attached hydrogens (tertiary/aromatic N) is 1. The number of halogens is 1. The molecule has 0 fully saturated rings. The topological polar surface area (TPSA) is 40.9 Å². The third-order valence-electron chi connectivity index (χ3n) is 3.03. The number of allylic oxidation sites excluding steroid dienone is 2. The van der Waals surface area contributed by atoms with E-state index in [0.717, 1.165) is 0 Å². The van der Waals surface area contributed by atoms with Crippen LogP contribution in [0.4, 0.5) is 4.39 Å². The lowest BCUT2D eigenvalue weighted by Gasteiger charge is -2.06. The van der Waals surface area contributed by atoms with Crippen molar-refractivity contribution in [2.24, 2.45) is 0 Å². The molecule has 0 saturated carbocycles. The van der Waals surface area contributed by atoms with Gasteiger partial charge in [-0.15, -0.1) is 0 Å². The second-order valence-electron chi connectivity index (χ2n) is 4.29. The Labute approximate surface area is 116 Å². The molecule has 0 aromatic heterocycles. The number of benzene rings is 2. The van der Waals surface area contributed by atoms with Gasteiger partial charge in [-0.3, -0.25) is 4.79 Å². The zero-order valence-electron chi connectivity index (χ0n) is 10.9. The Morgan fingerprint density at radius 2 is 1.65 bits per heavy atom. The maximum Gasteiger partial charge on any atom is 0.203 e. The van der Waals surface area contributed by atoms with E-state index in [-0.39, 0.29) is 11.1 Å². The molecular weight excluding hydrogens is 253 g/mol. The third kappa shape index (κ3) is 2.65. The second-order valence-corrected chi connectivity index (χ2v) is 4.29. The lowest BCUT2D eigenvalue weighted by Crippen LogP contribution is -2.04. The monoisotopic (exact) mass is 265 g/mol. The molecule has 0 amide bonds. The molecule has 0 aliphatic carbocycles. The van der Waals surface area contributed by atoms with Gasteiger partial charge < -0.3 is 0 Å². The van der Waals surface area contributed by atoms with E-state index in [9.17, 15) is 14.4 Å². The van der Waals surface area contributed by atoms with Gasteiger partial charge in [0, 0.05) is 11.1 Å². The number of hydrogen-bond donors (Lipinski definition) is 0. The van der Waals surface area contributed by atoms with E-state index in [4.69, 9.17) is 0 Å². The summed E-state index contributed by atoms with van der Waals surface area (Å²) in [6.45, 7) is 1.58. The molecule has 0 atom stereocenters. The minimum absolute atomic E-state index is 0.0405. The molecule has 2 rings (SSSR count). The number of carbonyl (C=O) groups is 1. The molecular formula is C17H12FNO. The number of Topliss-reactive ketones (excluding diaryl/α,β-unsaturated/α-hetero) is 1. The number of nitriles is 1. The highest BCUT2D eigenvalue weighted by Crippen LogP contribution is 2.23. The number of rotatable bonds is 3. The van der Waals surface area contributed by atoms with Crippen LogP contribution in [0.15, 0.2) is 60.2 Å². The van der Waals surface area contributed by atoms with E-state index in [1.54, 1.807) is 55.5 Å². The molecule has 0 saturated heterocycles. The van der Waals surface area contributed by atoms with Gasteiger partial charge in [-0.1, -0.05) is 48.5 Å². The molecule has 0 radical (unpaired) electrons. The molecule has 20 heavy (non-hydrogen) atoms. The van der Waals surface area contributed by atoms with Gasteiger partial charge in [0.1, 0.15) is 17.5 Å². The zero-order chi connectivity index (χ0) is 14.5. The average Bonchev–Trinajstić information content (AvgIpc) is 2.49. The van der Waals surface area contributed by atoms with Crippen molar-refractivity contribution in [2.45, 2.75) is 6.92 Å². The van der Waals surface area contributed by atoms with Crippen molar-refractivity contribution >= 4 is 11.4 Å². The van der Waals surface area contributed by atoms with E-state index in [1.165, 1.54) is 6.07 Å². The minimum Gasteiger partial charge on any atom is -0.288 e. The third-order valence-corrected chi connectivity index (χ3v) is 3.03. The number of carbonyl (C=O) groups excluding carboxylic acids is 1. The first-order chi connectivity index (χ1) is 9.65. The highest BCUT2D eigenvalue weighted by molar-refractivity contribution is 6.15. The van der Waals surface area contributed by atoms with Crippen LogP contribution in [0.25, 0.3) is 5.57 Å². The highest BCUT2D eigenvalue weighted by atomic mass is 19.1. The summed E-state index contributed by atoms with van der Waals surface area (Å²) in [5, 5.41) is 9.23. The van der Waals surface area contributed by atoms with Crippen LogP contribution in [0.1, 0.15) is 22.8 Å². The van der Waals surface area contributed by atoms with Crippen molar-refractivity contribution in [3.05, 3.63) is 77.1 Å². The second kappa shape index (κ2) is 5.94. The Balaban J connectivity index is 2.52. The van der Waals surface area contributed by atoms with Crippen LogP contribution in [-0.4, -0.2) is 5.78 Å². The molecule has 0 aliphatic rings. The highest BCUT2D eigenvalue weighted by Gasteiger charge is 2.17. The SMILES string of the molecule is C/C(=C(\C#N)C(=O)c1ccccc1)c1ccccc1F. The van der Waals surface area contributed by atoms with Crippen LogP contribution < -0.4 is 0 Å². The molecule has 0 unspecified atom stereocenters. The van der Waals surface area contributed by atoms with Gasteiger partial charge in [0.15, 0.2) is 0 Å². The van der Waals surface area contributed by atoms with Crippen LogP contribution in [0.2, 0.25) is 0 Å². The normalized spacial score (nSPS) is 11.4. The van der Waals surface area contributed by atoms with Crippen molar-refractivity contribution < 1.29 is 9.18 Å². The lowest BCUT2D eigenvalue weighted by molar-refractivity contribution is 0.103. The summed E-state index contributed by atoms with van der Waals surface area (Å²) >= 11 is 0.